The highest BCUT2D eigenvalue weighted by Crippen LogP contribution is 2.13. The molecule has 0 fully saturated rings. The third kappa shape index (κ3) is 3.17. The Morgan fingerprint density at radius 1 is 1.23 bits per heavy atom. The third-order valence-corrected chi connectivity index (χ3v) is 2.42. The van der Waals surface area contributed by atoms with E-state index in [-0.39, 0.29) is 11.7 Å². The van der Waals surface area contributed by atoms with E-state index in [9.17, 15) is 4.39 Å². The van der Waals surface area contributed by atoms with Gasteiger partial charge < -0.3 is 0 Å². The van der Waals surface area contributed by atoms with Crippen LogP contribution in [0.3, 0.4) is 0 Å². The van der Waals surface area contributed by atoms with E-state index in [1.165, 1.54) is 6.07 Å². The van der Waals surface area contributed by atoms with Crippen molar-refractivity contribution in [1.29, 1.82) is 0 Å². The van der Waals surface area contributed by atoms with Crippen LogP contribution in [0.15, 0.2) is 18.2 Å². The van der Waals surface area contributed by atoms with Crippen molar-refractivity contribution in [2.45, 2.75) is 18.7 Å². The molecule has 0 radical (unpaired) electrons. The van der Waals surface area contributed by atoms with Crippen LogP contribution >= 0.6 is 23.2 Å². The second-order valence-corrected chi connectivity index (χ2v) is 3.50. The van der Waals surface area contributed by atoms with Crippen LogP contribution in [0.1, 0.15) is 17.5 Å². The first-order valence-electron chi connectivity index (χ1n) is 4.17. The molecule has 1 aromatic carbocycles. The van der Waals surface area contributed by atoms with Crippen LogP contribution in [0.25, 0.3) is 0 Å². The van der Waals surface area contributed by atoms with Crippen LogP contribution in [-0.2, 0) is 12.3 Å². The summed E-state index contributed by atoms with van der Waals surface area (Å²) in [5.41, 5.74) is 1.53. The van der Waals surface area contributed by atoms with Gasteiger partial charge >= 0.3 is 0 Å². The van der Waals surface area contributed by atoms with Crippen molar-refractivity contribution in [3.63, 3.8) is 0 Å². The van der Waals surface area contributed by atoms with Gasteiger partial charge in [0.15, 0.2) is 0 Å². The zero-order valence-corrected chi connectivity index (χ0v) is 8.71. The summed E-state index contributed by atoms with van der Waals surface area (Å²) in [6.07, 6.45) is 1.70. The normalized spacial score (nSPS) is 10.4. The second-order valence-electron chi connectivity index (χ2n) is 2.85. The SMILES string of the molecule is Fc1cc(CCCCl)ccc1CCl. The van der Waals surface area contributed by atoms with E-state index >= 15 is 0 Å². The average Bonchev–Trinajstić information content (AvgIpc) is 2.15. The molecule has 1 aromatic rings. The van der Waals surface area contributed by atoms with Crippen LogP contribution in [0.2, 0.25) is 0 Å². The van der Waals surface area contributed by atoms with Crippen LogP contribution < -0.4 is 0 Å². The Morgan fingerprint density at radius 3 is 2.54 bits per heavy atom. The predicted octanol–water partition coefficient (Wildman–Crippen LogP) is 3.74. The topological polar surface area (TPSA) is 0 Å². The van der Waals surface area contributed by atoms with E-state index in [1.807, 2.05) is 6.07 Å². The maximum Gasteiger partial charge on any atom is 0.127 e. The van der Waals surface area contributed by atoms with E-state index in [4.69, 9.17) is 23.2 Å². The van der Waals surface area contributed by atoms with Crippen molar-refractivity contribution in [3.05, 3.63) is 35.1 Å². The number of hydrogen-bond acceptors (Lipinski definition) is 0. The van der Waals surface area contributed by atoms with Gasteiger partial charge in [0.2, 0.25) is 0 Å². The van der Waals surface area contributed by atoms with Gasteiger partial charge in [0.05, 0.1) is 5.88 Å². The first-order valence-corrected chi connectivity index (χ1v) is 5.24. The lowest BCUT2D eigenvalue weighted by Gasteiger charge is -2.02. The molecule has 0 saturated carbocycles. The lowest BCUT2D eigenvalue weighted by Crippen LogP contribution is -1.91. The summed E-state index contributed by atoms with van der Waals surface area (Å²) in [6, 6.07) is 5.16. The minimum absolute atomic E-state index is 0.220. The van der Waals surface area contributed by atoms with Crippen molar-refractivity contribution >= 4 is 23.2 Å². The molecule has 0 bridgehead atoms. The van der Waals surface area contributed by atoms with E-state index < -0.39 is 0 Å². The first-order chi connectivity index (χ1) is 6.27. The lowest BCUT2D eigenvalue weighted by molar-refractivity contribution is 0.614. The highest BCUT2D eigenvalue weighted by molar-refractivity contribution is 6.17. The molecule has 0 aromatic heterocycles. The Hall–Kier alpha value is -0.270. The highest BCUT2D eigenvalue weighted by Gasteiger charge is 2.01. The average molecular weight is 221 g/mol. The fourth-order valence-electron chi connectivity index (χ4n) is 1.13. The number of hydrogen-bond donors (Lipinski definition) is 0. The minimum atomic E-state index is -0.220. The molecule has 13 heavy (non-hydrogen) atoms. The number of alkyl halides is 2. The fraction of sp³-hybridized carbons (Fsp3) is 0.400. The number of aryl methyl sites for hydroxylation is 1. The summed E-state index contributed by atoms with van der Waals surface area (Å²) in [5, 5.41) is 0. The molecule has 72 valence electrons. The fourth-order valence-corrected chi connectivity index (χ4v) is 1.48. The Labute approximate surface area is 87.7 Å². The molecule has 0 spiro atoms. The van der Waals surface area contributed by atoms with E-state index in [2.05, 4.69) is 0 Å². The van der Waals surface area contributed by atoms with E-state index in [0.29, 0.717) is 11.4 Å². The molecule has 0 aliphatic heterocycles. The summed E-state index contributed by atoms with van der Waals surface area (Å²) in [5.74, 6) is 0.614. The van der Waals surface area contributed by atoms with Gasteiger partial charge in [0, 0.05) is 11.4 Å². The van der Waals surface area contributed by atoms with Gasteiger partial charge in [0.1, 0.15) is 5.82 Å². The molecule has 0 nitrogen and oxygen atoms in total. The van der Waals surface area contributed by atoms with Crippen molar-refractivity contribution < 1.29 is 4.39 Å². The Bertz CT molecular complexity index is 274. The number of benzene rings is 1. The Morgan fingerprint density at radius 2 is 2.00 bits per heavy atom. The molecule has 0 unspecified atom stereocenters. The van der Waals surface area contributed by atoms with Crippen LogP contribution in [0, 0.1) is 5.82 Å². The third-order valence-electron chi connectivity index (χ3n) is 1.86. The van der Waals surface area contributed by atoms with Gasteiger partial charge in [-0.05, 0) is 24.5 Å². The molecule has 0 saturated heterocycles. The van der Waals surface area contributed by atoms with Gasteiger partial charge in [-0.25, -0.2) is 4.39 Å². The summed E-state index contributed by atoms with van der Waals surface area (Å²) in [6.45, 7) is 0. The molecule has 0 atom stereocenters. The second kappa shape index (κ2) is 5.46. The molecule has 0 heterocycles. The zero-order chi connectivity index (χ0) is 9.68. The van der Waals surface area contributed by atoms with Gasteiger partial charge in [-0.3, -0.25) is 0 Å². The van der Waals surface area contributed by atoms with Crippen molar-refractivity contribution in [1.82, 2.24) is 0 Å². The maximum atomic E-state index is 13.2. The van der Waals surface area contributed by atoms with Crippen molar-refractivity contribution in [2.75, 3.05) is 5.88 Å². The number of rotatable bonds is 4. The van der Waals surface area contributed by atoms with Crippen LogP contribution in [0.5, 0.6) is 0 Å². The first kappa shape index (κ1) is 10.8. The van der Waals surface area contributed by atoms with Gasteiger partial charge in [0.25, 0.3) is 0 Å². The molecule has 0 aliphatic rings. The minimum Gasteiger partial charge on any atom is -0.207 e. The Balaban J connectivity index is 2.71. The van der Waals surface area contributed by atoms with Gasteiger partial charge in [-0.2, -0.15) is 0 Å². The standard InChI is InChI=1S/C10H11Cl2F/c11-5-1-2-8-3-4-9(7-12)10(13)6-8/h3-4,6H,1-2,5,7H2. The van der Waals surface area contributed by atoms with E-state index in [1.54, 1.807) is 6.07 Å². The van der Waals surface area contributed by atoms with Crippen LogP contribution in [-0.4, -0.2) is 5.88 Å². The van der Waals surface area contributed by atoms with Gasteiger partial charge in [-0.15, -0.1) is 23.2 Å². The molecular formula is C10H11Cl2F. The lowest BCUT2D eigenvalue weighted by atomic mass is 10.1. The van der Waals surface area contributed by atoms with Crippen molar-refractivity contribution in [2.24, 2.45) is 0 Å². The number of halogens is 3. The summed E-state index contributed by atoms with van der Waals surface area (Å²) >= 11 is 11.1. The molecule has 0 aliphatic carbocycles. The monoisotopic (exact) mass is 220 g/mol. The van der Waals surface area contributed by atoms with Crippen molar-refractivity contribution in [3.8, 4) is 0 Å². The molecular weight excluding hydrogens is 210 g/mol. The molecule has 1 rings (SSSR count). The largest absolute Gasteiger partial charge is 0.207 e. The Kier molecular flexibility index (Phi) is 4.54. The quantitative estimate of drug-likeness (QED) is 0.679. The summed E-state index contributed by atoms with van der Waals surface area (Å²) < 4.78 is 13.2. The van der Waals surface area contributed by atoms with Gasteiger partial charge in [-0.1, -0.05) is 12.1 Å². The molecule has 3 heteroatoms. The highest BCUT2D eigenvalue weighted by atomic mass is 35.5. The molecule has 0 N–H and O–H groups in total. The zero-order valence-electron chi connectivity index (χ0n) is 7.19. The summed E-state index contributed by atoms with van der Waals surface area (Å²) in [7, 11) is 0. The van der Waals surface area contributed by atoms with E-state index in [0.717, 1.165) is 18.4 Å². The summed E-state index contributed by atoms with van der Waals surface area (Å²) in [4.78, 5) is 0. The molecule has 0 amide bonds. The van der Waals surface area contributed by atoms with Crippen LogP contribution in [0.4, 0.5) is 4.39 Å². The predicted molar refractivity (Wildman–Crippen MR) is 55.0 cm³/mol. The smallest absolute Gasteiger partial charge is 0.127 e. The maximum absolute atomic E-state index is 13.2.